The maximum atomic E-state index is 12.5. The van der Waals surface area contributed by atoms with Crippen LogP contribution in [0.3, 0.4) is 0 Å². The zero-order valence-electron chi connectivity index (χ0n) is 16.0. The summed E-state index contributed by atoms with van der Waals surface area (Å²) in [5, 5.41) is 17.7. The van der Waals surface area contributed by atoms with Crippen LogP contribution in [0.1, 0.15) is 38.5 Å². The van der Waals surface area contributed by atoms with Crippen molar-refractivity contribution in [1.29, 1.82) is 0 Å². The van der Waals surface area contributed by atoms with E-state index in [0.29, 0.717) is 5.82 Å². The predicted molar refractivity (Wildman–Crippen MR) is 109 cm³/mol. The molecule has 4 saturated carbocycles. The van der Waals surface area contributed by atoms with Crippen molar-refractivity contribution in [3.63, 3.8) is 0 Å². The fourth-order valence-electron chi connectivity index (χ4n) is 5.86. The second kappa shape index (κ2) is 7.19. The van der Waals surface area contributed by atoms with E-state index in [1.165, 1.54) is 24.1 Å². The third-order valence-corrected chi connectivity index (χ3v) is 7.04. The molecule has 0 spiro atoms. The summed E-state index contributed by atoms with van der Waals surface area (Å²) in [4.78, 5) is 26.0. The Labute approximate surface area is 176 Å². The zero-order chi connectivity index (χ0) is 20.0. The lowest BCUT2D eigenvalue weighted by molar-refractivity contribution is -0.121. The Morgan fingerprint density at radius 1 is 1.07 bits per heavy atom. The van der Waals surface area contributed by atoms with Crippen LogP contribution < -0.4 is 10.6 Å². The number of urea groups is 1. The minimum Gasteiger partial charge on any atom is -0.332 e. The molecule has 1 heterocycles. The summed E-state index contributed by atoms with van der Waals surface area (Å²) in [7, 11) is 0. The summed E-state index contributed by atoms with van der Waals surface area (Å²) in [5.41, 5.74) is 0.679. The van der Waals surface area contributed by atoms with Gasteiger partial charge in [-0.3, -0.25) is 10.1 Å². The molecule has 6 rings (SSSR count). The zero-order valence-corrected chi connectivity index (χ0v) is 17.6. The molecule has 8 nitrogen and oxygen atoms in total. The van der Waals surface area contributed by atoms with Crippen molar-refractivity contribution in [2.75, 3.05) is 0 Å². The SMILES string of the molecule is O=C(Cn1nnc(-c2ccc(Br)cc2)n1)NC(=O)NC12CC3CC(CC(C3)C1)C2. The van der Waals surface area contributed by atoms with Gasteiger partial charge in [-0.05, 0) is 85.8 Å². The number of carbonyl (C=O) groups is 2. The Balaban J connectivity index is 1.17. The Morgan fingerprint density at radius 3 is 2.31 bits per heavy atom. The summed E-state index contributed by atoms with van der Waals surface area (Å²) >= 11 is 3.38. The average molecular weight is 459 g/mol. The first kappa shape index (κ1) is 18.7. The highest BCUT2D eigenvalue weighted by Gasteiger charge is 2.51. The van der Waals surface area contributed by atoms with Gasteiger partial charge in [0.05, 0.1) is 0 Å². The Kier molecular flexibility index (Phi) is 4.64. The molecule has 9 heteroatoms. The molecule has 1 aromatic carbocycles. The molecule has 152 valence electrons. The third kappa shape index (κ3) is 3.92. The van der Waals surface area contributed by atoms with Gasteiger partial charge in [0.15, 0.2) is 0 Å². The summed E-state index contributed by atoms with van der Waals surface area (Å²) in [6, 6.07) is 7.09. The van der Waals surface area contributed by atoms with Crippen LogP contribution >= 0.6 is 15.9 Å². The predicted octanol–water partition coefficient (Wildman–Crippen LogP) is 2.90. The Morgan fingerprint density at radius 2 is 1.69 bits per heavy atom. The summed E-state index contributed by atoms with van der Waals surface area (Å²) in [5.74, 6) is 2.17. The van der Waals surface area contributed by atoms with E-state index in [1.54, 1.807) is 0 Å². The van der Waals surface area contributed by atoms with Gasteiger partial charge in [0.1, 0.15) is 6.54 Å². The van der Waals surface area contributed by atoms with Crippen molar-refractivity contribution >= 4 is 27.9 Å². The lowest BCUT2D eigenvalue weighted by atomic mass is 9.53. The van der Waals surface area contributed by atoms with E-state index in [4.69, 9.17) is 0 Å². The fourth-order valence-corrected chi connectivity index (χ4v) is 6.12. The molecule has 0 aliphatic heterocycles. The van der Waals surface area contributed by atoms with Gasteiger partial charge in [0.2, 0.25) is 5.82 Å². The molecule has 0 unspecified atom stereocenters. The maximum absolute atomic E-state index is 12.5. The Bertz CT molecular complexity index is 905. The van der Waals surface area contributed by atoms with Crippen LogP contribution in [0.25, 0.3) is 11.4 Å². The number of tetrazole rings is 1. The van der Waals surface area contributed by atoms with E-state index >= 15 is 0 Å². The molecule has 4 bridgehead atoms. The number of nitrogens with zero attached hydrogens (tertiary/aromatic N) is 4. The fraction of sp³-hybridized carbons (Fsp3) is 0.550. The number of hydrogen-bond acceptors (Lipinski definition) is 5. The van der Waals surface area contributed by atoms with Crippen LogP contribution in [0.15, 0.2) is 28.7 Å². The number of imide groups is 1. The van der Waals surface area contributed by atoms with Crippen LogP contribution in [0, 0.1) is 17.8 Å². The molecule has 4 aliphatic carbocycles. The molecule has 0 atom stereocenters. The van der Waals surface area contributed by atoms with Crippen LogP contribution in [-0.2, 0) is 11.3 Å². The van der Waals surface area contributed by atoms with E-state index in [9.17, 15) is 9.59 Å². The van der Waals surface area contributed by atoms with Gasteiger partial charge < -0.3 is 5.32 Å². The molecule has 2 aromatic rings. The Hall–Kier alpha value is -2.29. The van der Waals surface area contributed by atoms with Crippen molar-refractivity contribution in [1.82, 2.24) is 30.8 Å². The van der Waals surface area contributed by atoms with Gasteiger partial charge in [-0.25, -0.2) is 4.79 Å². The van der Waals surface area contributed by atoms with Crippen molar-refractivity contribution in [3.8, 4) is 11.4 Å². The highest BCUT2D eigenvalue weighted by atomic mass is 79.9. The summed E-state index contributed by atoms with van der Waals surface area (Å²) in [6.07, 6.45) is 7.05. The molecular weight excluding hydrogens is 436 g/mol. The molecular formula is C20H23BrN6O2. The normalized spacial score (nSPS) is 29.6. The van der Waals surface area contributed by atoms with E-state index in [0.717, 1.165) is 47.1 Å². The second-order valence-corrected chi connectivity index (χ2v) is 9.77. The number of hydrogen-bond donors (Lipinski definition) is 2. The largest absolute Gasteiger partial charge is 0.332 e. The number of carbonyl (C=O) groups excluding carboxylic acids is 2. The monoisotopic (exact) mass is 458 g/mol. The molecule has 1 aromatic heterocycles. The van der Waals surface area contributed by atoms with Crippen molar-refractivity contribution in [3.05, 3.63) is 28.7 Å². The summed E-state index contributed by atoms with van der Waals surface area (Å²) < 4.78 is 0.957. The highest BCUT2D eigenvalue weighted by Crippen LogP contribution is 2.55. The van der Waals surface area contributed by atoms with Gasteiger partial charge in [0.25, 0.3) is 5.91 Å². The molecule has 0 saturated heterocycles. The van der Waals surface area contributed by atoms with Crippen molar-refractivity contribution in [2.24, 2.45) is 17.8 Å². The molecule has 4 aliphatic rings. The van der Waals surface area contributed by atoms with Crippen LogP contribution in [-0.4, -0.2) is 37.7 Å². The molecule has 2 N–H and O–H groups in total. The minimum atomic E-state index is -0.452. The van der Waals surface area contributed by atoms with Crippen LogP contribution in [0.4, 0.5) is 4.79 Å². The quantitative estimate of drug-likeness (QED) is 0.732. The highest BCUT2D eigenvalue weighted by molar-refractivity contribution is 9.10. The van der Waals surface area contributed by atoms with Crippen molar-refractivity contribution in [2.45, 2.75) is 50.6 Å². The number of rotatable bonds is 4. The lowest BCUT2D eigenvalue weighted by Gasteiger charge is -2.56. The van der Waals surface area contributed by atoms with Gasteiger partial charge >= 0.3 is 6.03 Å². The number of aromatic nitrogens is 4. The van der Waals surface area contributed by atoms with Gasteiger partial charge in [-0.2, -0.15) is 4.80 Å². The first-order valence-electron chi connectivity index (χ1n) is 10.1. The molecule has 0 radical (unpaired) electrons. The van der Waals surface area contributed by atoms with E-state index in [1.807, 2.05) is 24.3 Å². The lowest BCUT2D eigenvalue weighted by Crippen LogP contribution is -2.62. The van der Waals surface area contributed by atoms with E-state index in [2.05, 4.69) is 42.0 Å². The first-order valence-corrected chi connectivity index (χ1v) is 10.9. The smallest absolute Gasteiger partial charge is 0.321 e. The number of halogens is 1. The molecule has 4 fully saturated rings. The average Bonchev–Trinajstić information content (AvgIpc) is 3.08. The van der Waals surface area contributed by atoms with Crippen LogP contribution in [0.5, 0.6) is 0 Å². The van der Waals surface area contributed by atoms with E-state index in [-0.39, 0.29) is 12.1 Å². The number of nitrogens with one attached hydrogen (secondary N) is 2. The van der Waals surface area contributed by atoms with Crippen LogP contribution in [0.2, 0.25) is 0 Å². The van der Waals surface area contributed by atoms with Gasteiger partial charge in [0, 0.05) is 15.6 Å². The van der Waals surface area contributed by atoms with E-state index < -0.39 is 11.9 Å². The summed E-state index contributed by atoms with van der Waals surface area (Å²) in [6.45, 7) is -0.155. The molecule has 3 amide bonds. The topological polar surface area (TPSA) is 102 Å². The number of amides is 3. The third-order valence-electron chi connectivity index (χ3n) is 6.51. The maximum Gasteiger partial charge on any atom is 0.321 e. The number of benzene rings is 1. The van der Waals surface area contributed by atoms with Gasteiger partial charge in [-0.15, -0.1) is 10.2 Å². The minimum absolute atomic E-state index is 0.126. The molecule has 29 heavy (non-hydrogen) atoms. The van der Waals surface area contributed by atoms with Crippen molar-refractivity contribution < 1.29 is 9.59 Å². The first-order chi connectivity index (χ1) is 14.0. The standard InChI is InChI=1S/C20H23BrN6O2/c21-16-3-1-15(2-4-16)18-24-26-27(25-18)11-17(28)22-19(29)23-20-8-12-5-13(9-20)7-14(6-12)10-20/h1-4,12-14H,5-11H2,(H2,22,23,28,29). The second-order valence-electron chi connectivity index (χ2n) is 8.85. The van der Waals surface area contributed by atoms with Gasteiger partial charge in [-0.1, -0.05) is 15.9 Å².